The number of amides is 3. The Bertz CT molecular complexity index is 1200. The van der Waals surface area contributed by atoms with E-state index in [1.165, 1.54) is 11.8 Å². The Hall–Kier alpha value is -3.91. The number of halogens is 3. The van der Waals surface area contributed by atoms with Gasteiger partial charge in [0.1, 0.15) is 17.9 Å². The second kappa shape index (κ2) is 13.1. The van der Waals surface area contributed by atoms with Crippen LogP contribution in [0.2, 0.25) is 0 Å². The lowest BCUT2D eigenvalue weighted by Crippen LogP contribution is -2.53. The van der Waals surface area contributed by atoms with Gasteiger partial charge in [0.2, 0.25) is 17.7 Å². The van der Waals surface area contributed by atoms with Crippen LogP contribution in [0.4, 0.5) is 13.2 Å². The van der Waals surface area contributed by atoms with Crippen molar-refractivity contribution in [1.29, 1.82) is 5.26 Å². The van der Waals surface area contributed by atoms with E-state index in [0.717, 1.165) is 5.56 Å². The molecule has 0 aliphatic carbocycles. The highest BCUT2D eigenvalue weighted by atomic mass is 19.2. The molecule has 1 aliphatic heterocycles. The molecular formula is C27H30F3N5O3. The van der Waals surface area contributed by atoms with Crippen molar-refractivity contribution in [2.24, 2.45) is 5.73 Å². The standard InChI is InChI=1S/C27H30F3N5O3/c1-16(33-27(38)24(32)10-17-6-3-2-4-7-17)26(37)34-19(11-18-12-22(29)23(30)14-21(18)28)13-25(36)35-9-5-8-20(35)15-31/h2-4,6-7,12,14,16,19-20,24H,5,8-11,13,32H2,1H3,(H,33,38)(H,34,37)/t16?,19-,20?,24?/m1/s1. The van der Waals surface area contributed by atoms with E-state index in [2.05, 4.69) is 16.7 Å². The molecule has 202 valence electrons. The van der Waals surface area contributed by atoms with Crippen LogP contribution < -0.4 is 16.4 Å². The highest BCUT2D eigenvalue weighted by Crippen LogP contribution is 2.20. The smallest absolute Gasteiger partial charge is 0.242 e. The zero-order chi connectivity index (χ0) is 27.8. The first kappa shape index (κ1) is 28.7. The molecule has 4 N–H and O–H groups in total. The van der Waals surface area contributed by atoms with Crippen LogP contribution in [0.15, 0.2) is 42.5 Å². The molecule has 1 fully saturated rings. The number of carbonyl (C=O) groups is 3. The van der Waals surface area contributed by atoms with Gasteiger partial charge >= 0.3 is 0 Å². The average molecular weight is 530 g/mol. The molecule has 3 unspecified atom stereocenters. The number of benzene rings is 2. The maximum Gasteiger partial charge on any atom is 0.242 e. The van der Waals surface area contributed by atoms with Crippen molar-refractivity contribution >= 4 is 17.7 Å². The molecule has 3 amide bonds. The van der Waals surface area contributed by atoms with Crippen molar-refractivity contribution in [2.75, 3.05) is 6.54 Å². The number of carbonyl (C=O) groups excluding carboxylic acids is 3. The summed E-state index contributed by atoms with van der Waals surface area (Å²) in [5.41, 5.74) is 6.59. The zero-order valence-electron chi connectivity index (χ0n) is 20.9. The Balaban J connectivity index is 1.69. The third-order valence-corrected chi connectivity index (χ3v) is 6.43. The number of hydrogen-bond acceptors (Lipinski definition) is 5. The van der Waals surface area contributed by atoms with Gasteiger partial charge in [0.05, 0.1) is 12.1 Å². The van der Waals surface area contributed by atoms with Gasteiger partial charge in [0.25, 0.3) is 0 Å². The fourth-order valence-electron chi connectivity index (χ4n) is 4.36. The van der Waals surface area contributed by atoms with Crippen LogP contribution >= 0.6 is 0 Å². The van der Waals surface area contributed by atoms with Crippen LogP contribution in [0.3, 0.4) is 0 Å². The minimum Gasteiger partial charge on any atom is -0.351 e. The summed E-state index contributed by atoms with van der Waals surface area (Å²) in [6.45, 7) is 1.79. The second-order valence-corrected chi connectivity index (χ2v) is 9.37. The second-order valence-electron chi connectivity index (χ2n) is 9.37. The number of nitriles is 1. The van der Waals surface area contributed by atoms with Gasteiger partial charge in [-0.25, -0.2) is 13.2 Å². The van der Waals surface area contributed by atoms with E-state index in [-0.39, 0.29) is 24.8 Å². The molecule has 4 atom stereocenters. The third-order valence-electron chi connectivity index (χ3n) is 6.43. The van der Waals surface area contributed by atoms with Crippen molar-refractivity contribution in [3.8, 4) is 6.07 Å². The fourth-order valence-corrected chi connectivity index (χ4v) is 4.36. The van der Waals surface area contributed by atoms with Crippen LogP contribution in [0.25, 0.3) is 0 Å². The maximum atomic E-state index is 14.4. The van der Waals surface area contributed by atoms with Crippen molar-refractivity contribution < 1.29 is 27.6 Å². The molecule has 0 radical (unpaired) electrons. The van der Waals surface area contributed by atoms with Gasteiger partial charge in [-0.3, -0.25) is 14.4 Å². The molecule has 3 rings (SSSR count). The topological polar surface area (TPSA) is 128 Å². The van der Waals surface area contributed by atoms with Gasteiger partial charge in [-0.2, -0.15) is 5.26 Å². The van der Waals surface area contributed by atoms with Crippen molar-refractivity contribution in [1.82, 2.24) is 15.5 Å². The Morgan fingerprint density at radius 2 is 1.74 bits per heavy atom. The van der Waals surface area contributed by atoms with Crippen LogP contribution in [-0.2, 0) is 27.2 Å². The largest absolute Gasteiger partial charge is 0.351 e. The summed E-state index contributed by atoms with van der Waals surface area (Å²) in [6.07, 6.45) is 0.786. The zero-order valence-corrected chi connectivity index (χ0v) is 20.9. The highest BCUT2D eigenvalue weighted by molar-refractivity contribution is 5.90. The predicted molar refractivity (Wildman–Crippen MR) is 133 cm³/mol. The lowest BCUT2D eigenvalue weighted by Gasteiger charge is -2.26. The molecule has 1 aliphatic rings. The van der Waals surface area contributed by atoms with Crippen molar-refractivity contribution in [2.45, 2.75) is 63.2 Å². The molecular weight excluding hydrogens is 499 g/mol. The van der Waals surface area contributed by atoms with E-state index >= 15 is 0 Å². The summed E-state index contributed by atoms with van der Waals surface area (Å²) >= 11 is 0. The number of nitrogens with one attached hydrogen (secondary N) is 2. The van der Waals surface area contributed by atoms with E-state index in [9.17, 15) is 32.8 Å². The van der Waals surface area contributed by atoms with Crippen molar-refractivity contribution in [3.05, 3.63) is 71.0 Å². The number of nitrogens with two attached hydrogens (primary N) is 1. The van der Waals surface area contributed by atoms with Gasteiger partial charge in [-0.15, -0.1) is 0 Å². The molecule has 1 heterocycles. The molecule has 38 heavy (non-hydrogen) atoms. The number of nitrogens with zero attached hydrogens (tertiary/aromatic N) is 2. The van der Waals surface area contributed by atoms with Gasteiger partial charge in [-0.05, 0) is 49.8 Å². The third kappa shape index (κ3) is 7.55. The highest BCUT2D eigenvalue weighted by Gasteiger charge is 2.31. The van der Waals surface area contributed by atoms with Crippen LogP contribution in [0.5, 0.6) is 0 Å². The lowest BCUT2D eigenvalue weighted by atomic mass is 10.0. The number of rotatable bonds is 10. The average Bonchev–Trinajstić information content (AvgIpc) is 3.37. The van der Waals surface area contributed by atoms with Gasteiger partial charge in [0, 0.05) is 25.1 Å². The Labute approximate surface area is 219 Å². The first-order valence-electron chi connectivity index (χ1n) is 12.3. The van der Waals surface area contributed by atoms with Crippen LogP contribution in [0.1, 0.15) is 37.3 Å². The fraction of sp³-hybridized carbons (Fsp3) is 0.407. The Kier molecular flexibility index (Phi) is 9.85. The van der Waals surface area contributed by atoms with E-state index in [0.29, 0.717) is 31.5 Å². The van der Waals surface area contributed by atoms with E-state index < -0.39 is 59.3 Å². The molecule has 2 aromatic rings. The predicted octanol–water partition coefficient (Wildman–Crippen LogP) is 2.11. The van der Waals surface area contributed by atoms with Crippen LogP contribution in [0, 0.1) is 28.8 Å². The summed E-state index contributed by atoms with van der Waals surface area (Å²) in [7, 11) is 0. The normalized spacial score (nSPS) is 17.3. The SMILES string of the molecule is CC(NC(=O)C(N)Cc1ccccc1)C(=O)N[C@@H](CC(=O)N1CCCC1C#N)Cc1cc(F)c(F)cc1F. The first-order valence-corrected chi connectivity index (χ1v) is 12.3. The summed E-state index contributed by atoms with van der Waals surface area (Å²) < 4.78 is 41.5. The molecule has 11 heteroatoms. The molecule has 0 aromatic heterocycles. The Morgan fingerprint density at radius 1 is 1.05 bits per heavy atom. The summed E-state index contributed by atoms with van der Waals surface area (Å²) in [6, 6.07) is 8.62. The Morgan fingerprint density at radius 3 is 2.42 bits per heavy atom. The molecule has 8 nitrogen and oxygen atoms in total. The van der Waals surface area contributed by atoms with E-state index in [1.807, 2.05) is 30.3 Å². The van der Waals surface area contributed by atoms with Gasteiger partial charge < -0.3 is 21.3 Å². The molecule has 1 saturated heterocycles. The van der Waals surface area contributed by atoms with Gasteiger partial charge in [-0.1, -0.05) is 30.3 Å². The monoisotopic (exact) mass is 529 g/mol. The van der Waals surface area contributed by atoms with E-state index in [4.69, 9.17) is 5.73 Å². The molecule has 0 bridgehead atoms. The van der Waals surface area contributed by atoms with E-state index in [1.54, 1.807) is 0 Å². The van der Waals surface area contributed by atoms with Gasteiger partial charge in [0.15, 0.2) is 11.6 Å². The maximum absolute atomic E-state index is 14.4. The molecule has 0 spiro atoms. The first-order chi connectivity index (χ1) is 18.1. The quantitative estimate of drug-likeness (QED) is 0.406. The molecule has 2 aromatic carbocycles. The number of hydrogen-bond donors (Lipinski definition) is 3. The van der Waals surface area contributed by atoms with Crippen LogP contribution in [-0.4, -0.2) is 53.3 Å². The lowest BCUT2D eigenvalue weighted by molar-refractivity contribution is -0.133. The minimum atomic E-state index is -1.36. The minimum absolute atomic E-state index is 0.234. The summed E-state index contributed by atoms with van der Waals surface area (Å²) in [4.78, 5) is 39.8. The van der Waals surface area contributed by atoms with Crippen molar-refractivity contribution in [3.63, 3.8) is 0 Å². The summed E-state index contributed by atoms with van der Waals surface area (Å²) in [5, 5.41) is 14.4. The summed E-state index contributed by atoms with van der Waals surface area (Å²) in [5.74, 6) is -5.34. The molecule has 0 saturated carbocycles. The number of likely N-dealkylation sites (tertiary alicyclic amines) is 1.